The predicted molar refractivity (Wildman–Crippen MR) is 84.7 cm³/mol. The molecule has 2 aromatic rings. The van der Waals surface area contributed by atoms with Crippen LogP contribution in [0.3, 0.4) is 0 Å². The maximum Gasteiger partial charge on any atom is 0.271 e. The molecular formula is C15H13ClN2OS. The van der Waals surface area contributed by atoms with Gasteiger partial charge in [-0.1, -0.05) is 29.8 Å². The van der Waals surface area contributed by atoms with E-state index in [1.54, 1.807) is 42.2 Å². The summed E-state index contributed by atoms with van der Waals surface area (Å²) in [5.74, 6) is -0.288. The second kappa shape index (κ2) is 7.12. The van der Waals surface area contributed by atoms with Gasteiger partial charge < -0.3 is 0 Å². The summed E-state index contributed by atoms with van der Waals surface area (Å²) in [5.41, 5.74) is 3.87. The van der Waals surface area contributed by atoms with Gasteiger partial charge in [-0.05, 0) is 42.2 Å². The van der Waals surface area contributed by atoms with E-state index in [4.69, 9.17) is 11.6 Å². The minimum atomic E-state index is -0.288. The standard InChI is InChI=1S/C15H13ClN2OS/c1-20-14-7-5-11(6-8-14)10-17-18-15(19)12-3-2-4-13(16)9-12/h2-10H,1H3,(H,18,19)/b17-10-. The largest absolute Gasteiger partial charge is 0.271 e. The topological polar surface area (TPSA) is 41.5 Å². The average molecular weight is 305 g/mol. The van der Waals surface area contributed by atoms with Crippen molar-refractivity contribution in [2.75, 3.05) is 6.26 Å². The third-order valence-electron chi connectivity index (χ3n) is 2.58. The molecule has 0 bridgehead atoms. The van der Waals surface area contributed by atoms with Crippen LogP contribution in [0.5, 0.6) is 0 Å². The first kappa shape index (κ1) is 14.6. The van der Waals surface area contributed by atoms with Gasteiger partial charge in [-0.25, -0.2) is 5.43 Å². The van der Waals surface area contributed by atoms with E-state index in [0.717, 1.165) is 5.56 Å². The zero-order chi connectivity index (χ0) is 14.4. The molecule has 102 valence electrons. The van der Waals surface area contributed by atoms with E-state index in [1.807, 2.05) is 30.5 Å². The molecule has 0 aliphatic carbocycles. The number of hydrazone groups is 1. The number of benzene rings is 2. The molecule has 20 heavy (non-hydrogen) atoms. The Morgan fingerprint density at radius 3 is 2.65 bits per heavy atom. The summed E-state index contributed by atoms with van der Waals surface area (Å²) in [6.07, 6.45) is 3.63. The van der Waals surface area contributed by atoms with E-state index in [-0.39, 0.29) is 5.91 Å². The van der Waals surface area contributed by atoms with Crippen LogP contribution < -0.4 is 5.43 Å². The van der Waals surface area contributed by atoms with Crippen molar-refractivity contribution in [2.45, 2.75) is 4.90 Å². The van der Waals surface area contributed by atoms with Gasteiger partial charge in [0.25, 0.3) is 5.91 Å². The second-order valence-corrected chi connectivity index (χ2v) is 5.30. The fourth-order valence-corrected chi connectivity index (χ4v) is 2.15. The molecule has 3 nitrogen and oxygen atoms in total. The first-order chi connectivity index (χ1) is 9.69. The van der Waals surface area contributed by atoms with E-state index in [9.17, 15) is 4.79 Å². The minimum Gasteiger partial charge on any atom is -0.267 e. The number of amides is 1. The number of hydrogen-bond donors (Lipinski definition) is 1. The van der Waals surface area contributed by atoms with Crippen LogP contribution in [0.15, 0.2) is 58.5 Å². The number of hydrogen-bond acceptors (Lipinski definition) is 3. The zero-order valence-electron chi connectivity index (χ0n) is 10.8. The van der Waals surface area contributed by atoms with Gasteiger partial charge in [0.15, 0.2) is 0 Å². The molecule has 0 aromatic heterocycles. The Morgan fingerprint density at radius 2 is 2.00 bits per heavy atom. The number of nitrogens with one attached hydrogen (secondary N) is 1. The molecule has 1 amide bonds. The molecule has 0 spiro atoms. The summed E-state index contributed by atoms with van der Waals surface area (Å²) >= 11 is 7.51. The molecule has 0 heterocycles. The lowest BCUT2D eigenvalue weighted by molar-refractivity contribution is 0.0955. The van der Waals surface area contributed by atoms with Gasteiger partial charge in [0, 0.05) is 15.5 Å². The second-order valence-electron chi connectivity index (χ2n) is 3.98. The molecular weight excluding hydrogens is 292 g/mol. The van der Waals surface area contributed by atoms with Gasteiger partial charge in [0.2, 0.25) is 0 Å². The van der Waals surface area contributed by atoms with Crippen LogP contribution in [-0.4, -0.2) is 18.4 Å². The minimum absolute atomic E-state index is 0.288. The Labute approximate surface area is 127 Å². The highest BCUT2D eigenvalue weighted by atomic mass is 35.5. The van der Waals surface area contributed by atoms with E-state index in [1.165, 1.54) is 4.90 Å². The number of carbonyl (C=O) groups excluding carboxylic acids is 1. The molecule has 0 saturated heterocycles. The molecule has 1 N–H and O–H groups in total. The van der Waals surface area contributed by atoms with Gasteiger partial charge >= 0.3 is 0 Å². The Kier molecular flexibility index (Phi) is 5.21. The lowest BCUT2D eigenvalue weighted by Gasteiger charge is -2.00. The average Bonchev–Trinajstić information content (AvgIpc) is 2.48. The van der Waals surface area contributed by atoms with Crippen LogP contribution in [-0.2, 0) is 0 Å². The predicted octanol–water partition coefficient (Wildman–Crippen LogP) is 3.83. The molecule has 5 heteroatoms. The Hall–Kier alpha value is -1.78. The third kappa shape index (κ3) is 4.11. The van der Waals surface area contributed by atoms with E-state index in [0.29, 0.717) is 10.6 Å². The van der Waals surface area contributed by atoms with E-state index >= 15 is 0 Å². The molecule has 0 fully saturated rings. The molecule has 0 unspecified atom stereocenters. The van der Waals surface area contributed by atoms with Gasteiger partial charge in [-0.2, -0.15) is 5.10 Å². The van der Waals surface area contributed by atoms with Crippen molar-refractivity contribution in [2.24, 2.45) is 5.10 Å². The molecule has 0 aliphatic rings. The van der Waals surface area contributed by atoms with Crippen molar-refractivity contribution < 1.29 is 4.79 Å². The molecule has 0 atom stereocenters. The summed E-state index contributed by atoms with van der Waals surface area (Å²) in [7, 11) is 0. The molecule has 0 aliphatic heterocycles. The summed E-state index contributed by atoms with van der Waals surface area (Å²) in [5, 5.41) is 4.45. The van der Waals surface area contributed by atoms with Crippen molar-refractivity contribution in [1.82, 2.24) is 5.43 Å². The fourth-order valence-electron chi connectivity index (χ4n) is 1.55. The lowest BCUT2D eigenvalue weighted by Crippen LogP contribution is -2.17. The smallest absolute Gasteiger partial charge is 0.267 e. The van der Waals surface area contributed by atoms with E-state index < -0.39 is 0 Å². The lowest BCUT2D eigenvalue weighted by atomic mass is 10.2. The first-order valence-corrected chi connectivity index (χ1v) is 7.52. The maximum atomic E-state index is 11.8. The highest BCUT2D eigenvalue weighted by Crippen LogP contribution is 2.14. The van der Waals surface area contributed by atoms with Crippen molar-refractivity contribution in [3.8, 4) is 0 Å². The van der Waals surface area contributed by atoms with Crippen molar-refractivity contribution in [1.29, 1.82) is 0 Å². The van der Waals surface area contributed by atoms with Crippen LogP contribution in [0, 0.1) is 0 Å². The normalized spacial score (nSPS) is 10.7. The van der Waals surface area contributed by atoms with Crippen molar-refractivity contribution >= 4 is 35.5 Å². The quantitative estimate of drug-likeness (QED) is 0.530. The van der Waals surface area contributed by atoms with Crippen LogP contribution in [0.2, 0.25) is 5.02 Å². The maximum absolute atomic E-state index is 11.8. The van der Waals surface area contributed by atoms with Gasteiger partial charge in [0.1, 0.15) is 0 Å². The molecule has 2 aromatic carbocycles. The van der Waals surface area contributed by atoms with E-state index in [2.05, 4.69) is 10.5 Å². The van der Waals surface area contributed by atoms with Gasteiger partial charge in [-0.3, -0.25) is 4.79 Å². The SMILES string of the molecule is CSc1ccc(/C=N\NC(=O)c2cccc(Cl)c2)cc1. The first-order valence-electron chi connectivity index (χ1n) is 5.92. The highest BCUT2D eigenvalue weighted by molar-refractivity contribution is 7.98. The molecule has 0 radical (unpaired) electrons. The Balaban J connectivity index is 1.97. The molecule has 2 rings (SSSR count). The van der Waals surface area contributed by atoms with Crippen LogP contribution in [0.25, 0.3) is 0 Å². The van der Waals surface area contributed by atoms with Crippen molar-refractivity contribution in [3.63, 3.8) is 0 Å². The number of carbonyl (C=O) groups is 1. The summed E-state index contributed by atoms with van der Waals surface area (Å²) < 4.78 is 0. The number of halogens is 1. The van der Waals surface area contributed by atoms with Crippen LogP contribution >= 0.6 is 23.4 Å². The van der Waals surface area contributed by atoms with Gasteiger partial charge in [0.05, 0.1) is 6.21 Å². The summed E-state index contributed by atoms with van der Waals surface area (Å²) in [4.78, 5) is 13.0. The monoisotopic (exact) mass is 304 g/mol. The number of thioether (sulfide) groups is 1. The summed E-state index contributed by atoms with van der Waals surface area (Å²) in [6.45, 7) is 0. The van der Waals surface area contributed by atoms with Gasteiger partial charge in [-0.15, -0.1) is 11.8 Å². The molecule has 0 saturated carbocycles. The third-order valence-corrected chi connectivity index (χ3v) is 3.56. The zero-order valence-corrected chi connectivity index (χ0v) is 12.4. The number of rotatable bonds is 4. The summed E-state index contributed by atoms with van der Waals surface area (Å²) in [6, 6.07) is 14.6. The van der Waals surface area contributed by atoms with Crippen LogP contribution in [0.1, 0.15) is 15.9 Å². The van der Waals surface area contributed by atoms with Crippen LogP contribution in [0.4, 0.5) is 0 Å². The number of nitrogens with zero attached hydrogens (tertiary/aromatic N) is 1. The van der Waals surface area contributed by atoms with Crippen molar-refractivity contribution in [3.05, 3.63) is 64.7 Å². The fraction of sp³-hybridized carbons (Fsp3) is 0.0667. The Morgan fingerprint density at radius 1 is 1.25 bits per heavy atom. The Bertz CT molecular complexity index is 626. The highest BCUT2D eigenvalue weighted by Gasteiger charge is 2.03.